The highest BCUT2D eigenvalue weighted by molar-refractivity contribution is 9.10. The molecule has 10 heteroatoms. The number of ketones is 1. The van der Waals surface area contributed by atoms with Gasteiger partial charge in [0.15, 0.2) is 23.9 Å². The third kappa shape index (κ3) is 7.65. The fraction of sp³-hybridized carbons (Fsp3) is 0.226. The molecule has 1 aliphatic rings. The molecule has 1 N–H and O–H groups in total. The van der Waals surface area contributed by atoms with E-state index < -0.39 is 11.1 Å². The molecule has 0 bridgehead atoms. The van der Waals surface area contributed by atoms with Crippen LogP contribution in [0.3, 0.4) is 0 Å². The molecule has 4 rings (SSSR count). The van der Waals surface area contributed by atoms with Crippen molar-refractivity contribution in [2.24, 2.45) is 0 Å². The lowest BCUT2D eigenvalue weighted by Gasteiger charge is -2.15. The molecule has 0 atom stereocenters. The van der Waals surface area contributed by atoms with Gasteiger partial charge in [-0.1, -0.05) is 66.2 Å². The quantitative estimate of drug-likeness (QED) is 0.180. The maximum absolute atomic E-state index is 13.0. The van der Waals surface area contributed by atoms with Crippen molar-refractivity contribution in [1.29, 1.82) is 0 Å². The number of benzene rings is 3. The largest absolute Gasteiger partial charge is 0.490 e. The number of nitrogens with one attached hydrogen (secondary N) is 1. The second-order valence-electron chi connectivity index (χ2n) is 9.42. The Morgan fingerprint density at radius 3 is 2.44 bits per heavy atom. The molecular weight excluding hydrogens is 608 g/mol. The van der Waals surface area contributed by atoms with Crippen LogP contribution in [0.2, 0.25) is 0 Å². The van der Waals surface area contributed by atoms with E-state index in [2.05, 4.69) is 35.1 Å². The normalized spacial score (nSPS) is 14.1. The van der Waals surface area contributed by atoms with Crippen molar-refractivity contribution in [3.8, 4) is 11.5 Å². The van der Waals surface area contributed by atoms with E-state index in [4.69, 9.17) is 9.47 Å². The van der Waals surface area contributed by atoms with Gasteiger partial charge in [0, 0.05) is 15.7 Å². The molecule has 0 saturated carbocycles. The molecule has 212 valence electrons. The summed E-state index contributed by atoms with van der Waals surface area (Å²) in [6, 6.07) is 19.4. The average Bonchev–Trinajstić information content (AvgIpc) is 3.20. The summed E-state index contributed by atoms with van der Waals surface area (Å²) < 4.78 is 12.3. The van der Waals surface area contributed by atoms with Gasteiger partial charge in [-0.3, -0.25) is 24.1 Å². The first-order valence-electron chi connectivity index (χ1n) is 13.0. The summed E-state index contributed by atoms with van der Waals surface area (Å²) in [6.45, 7) is 5.71. The van der Waals surface area contributed by atoms with E-state index in [0.29, 0.717) is 29.2 Å². The van der Waals surface area contributed by atoms with Crippen LogP contribution in [-0.2, 0) is 9.59 Å². The SMILES string of the molecule is CCOc1cc(/C=C2/SC(=O)N(CC(=O)c3ccc(Br)cc3)C2=O)ccc1OCC(=O)Nc1ccccc1C(C)C. The first-order valence-corrected chi connectivity index (χ1v) is 14.6. The van der Waals surface area contributed by atoms with E-state index in [-0.39, 0.29) is 35.7 Å². The van der Waals surface area contributed by atoms with Gasteiger partial charge >= 0.3 is 0 Å². The number of rotatable bonds is 11. The van der Waals surface area contributed by atoms with Crippen molar-refractivity contribution in [2.75, 3.05) is 25.1 Å². The average molecular weight is 638 g/mol. The topological polar surface area (TPSA) is 102 Å². The number of Topliss-reactive ketones (excluding diaryl/α,β-unsaturated/α-hetero) is 1. The van der Waals surface area contributed by atoms with Crippen LogP contribution in [0.15, 0.2) is 76.1 Å². The van der Waals surface area contributed by atoms with Gasteiger partial charge in [-0.2, -0.15) is 0 Å². The Bertz CT molecular complexity index is 1500. The van der Waals surface area contributed by atoms with E-state index >= 15 is 0 Å². The van der Waals surface area contributed by atoms with Crippen LogP contribution in [-0.4, -0.2) is 47.5 Å². The van der Waals surface area contributed by atoms with E-state index in [0.717, 1.165) is 32.4 Å². The smallest absolute Gasteiger partial charge is 0.293 e. The molecule has 0 aliphatic carbocycles. The Morgan fingerprint density at radius 2 is 1.73 bits per heavy atom. The molecule has 1 heterocycles. The summed E-state index contributed by atoms with van der Waals surface area (Å²) in [5.41, 5.74) is 2.78. The van der Waals surface area contributed by atoms with Gasteiger partial charge in [0.1, 0.15) is 0 Å². The molecular formula is C31H29BrN2O6S. The van der Waals surface area contributed by atoms with Crippen LogP contribution in [0.1, 0.15) is 48.2 Å². The third-order valence-electron chi connectivity index (χ3n) is 6.12. The molecule has 1 aliphatic heterocycles. The van der Waals surface area contributed by atoms with Crippen molar-refractivity contribution in [3.05, 3.63) is 92.8 Å². The number of hydrogen-bond donors (Lipinski definition) is 1. The number of thioether (sulfide) groups is 1. The van der Waals surface area contributed by atoms with Crippen LogP contribution in [0.5, 0.6) is 11.5 Å². The molecule has 0 radical (unpaired) electrons. The summed E-state index contributed by atoms with van der Waals surface area (Å²) in [6.07, 6.45) is 1.57. The highest BCUT2D eigenvalue weighted by atomic mass is 79.9. The molecule has 3 aromatic carbocycles. The number of carbonyl (C=O) groups is 4. The van der Waals surface area contributed by atoms with Gasteiger partial charge in [0.25, 0.3) is 17.1 Å². The van der Waals surface area contributed by atoms with Crippen molar-refractivity contribution in [3.63, 3.8) is 0 Å². The maximum Gasteiger partial charge on any atom is 0.293 e. The van der Waals surface area contributed by atoms with Crippen LogP contribution in [0.25, 0.3) is 6.08 Å². The molecule has 3 amide bonds. The number of amides is 3. The molecule has 8 nitrogen and oxygen atoms in total. The fourth-order valence-corrected chi connectivity index (χ4v) is 5.21. The summed E-state index contributed by atoms with van der Waals surface area (Å²) in [5, 5.41) is 2.38. The molecule has 1 fully saturated rings. The van der Waals surface area contributed by atoms with Crippen molar-refractivity contribution < 1.29 is 28.7 Å². The summed E-state index contributed by atoms with van der Waals surface area (Å²) in [7, 11) is 0. The zero-order valence-corrected chi connectivity index (χ0v) is 25.2. The van der Waals surface area contributed by atoms with Crippen LogP contribution in [0, 0.1) is 0 Å². The Morgan fingerprint density at radius 1 is 1.00 bits per heavy atom. The van der Waals surface area contributed by atoms with Gasteiger partial charge in [0.2, 0.25) is 0 Å². The predicted octanol–water partition coefficient (Wildman–Crippen LogP) is 6.91. The second kappa shape index (κ2) is 13.6. The van der Waals surface area contributed by atoms with Crippen molar-refractivity contribution >= 4 is 62.3 Å². The second-order valence-corrected chi connectivity index (χ2v) is 11.3. The third-order valence-corrected chi connectivity index (χ3v) is 7.56. The summed E-state index contributed by atoms with van der Waals surface area (Å²) >= 11 is 4.09. The van der Waals surface area contributed by atoms with Gasteiger partial charge in [-0.15, -0.1) is 0 Å². The van der Waals surface area contributed by atoms with E-state index in [9.17, 15) is 19.2 Å². The maximum atomic E-state index is 13.0. The van der Waals surface area contributed by atoms with E-state index in [1.165, 1.54) is 0 Å². The van der Waals surface area contributed by atoms with Crippen molar-refractivity contribution in [2.45, 2.75) is 26.7 Å². The minimum atomic E-state index is -0.540. The first kappa shape index (κ1) is 30.1. The zero-order chi connectivity index (χ0) is 29.5. The number of nitrogens with zero attached hydrogens (tertiary/aromatic N) is 1. The lowest BCUT2D eigenvalue weighted by atomic mass is 10.0. The minimum absolute atomic E-state index is 0.193. The number of halogens is 1. The van der Waals surface area contributed by atoms with Gasteiger partial charge in [-0.05, 0) is 72.1 Å². The van der Waals surface area contributed by atoms with Crippen LogP contribution < -0.4 is 14.8 Å². The van der Waals surface area contributed by atoms with E-state index in [1.54, 1.807) is 48.5 Å². The summed E-state index contributed by atoms with van der Waals surface area (Å²) in [5.74, 6) is -0.181. The number of carbonyl (C=O) groups excluding carboxylic acids is 4. The van der Waals surface area contributed by atoms with E-state index in [1.807, 2.05) is 31.2 Å². The highest BCUT2D eigenvalue weighted by Gasteiger charge is 2.36. The molecule has 3 aromatic rings. The number of hydrogen-bond acceptors (Lipinski definition) is 7. The Balaban J connectivity index is 1.43. The Kier molecular flexibility index (Phi) is 10.0. The fourth-order valence-electron chi connectivity index (χ4n) is 4.10. The first-order chi connectivity index (χ1) is 19.7. The van der Waals surface area contributed by atoms with Crippen LogP contribution >= 0.6 is 27.7 Å². The Hall–Kier alpha value is -3.89. The van der Waals surface area contributed by atoms with Gasteiger partial charge in [0.05, 0.1) is 18.1 Å². The molecule has 41 heavy (non-hydrogen) atoms. The Labute approximate surface area is 251 Å². The number of ether oxygens (including phenoxy) is 2. The predicted molar refractivity (Wildman–Crippen MR) is 163 cm³/mol. The lowest BCUT2D eigenvalue weighted by molar-refractivity contribution is -0.122. The molecule has 0 spiro atoms. The highest BCUT2D eigenvalue weighted by Crippen LogP contribution is 2.35. The lowest BCUT2D eigenvalue weighted by Crippen LogP contribution is -2.33. The van der Waals surface area contributed by atoms with Crippen molar-refractivity contribution in [1.82, 2.24) is 4.90 Å². The molecule has 0 aromatic heterocycles. The molecule has 0 unspecified atom stereocenters. The van der Waals surface area contributed by atoms with Gasteiger partial charge < -0.3 is 14.8 Å². The zero-order valence-electron chi connectivity index (χ0n) is 22.8. The monoisotopic (exact) mass is 636 g/mol. The number of para-hydroxylation sites is 1. The number of anilines is 1. The van der Waals surface area contributed by atoms with Gasteiger partial charge in [-0.25, -0.2) is 0 Å². The standard InChI is InChI=1S/C31H29BrN2O6S/c1-4-39-27-15-20(9-14-26(27)40-18-29(36)33-24-8-6-5-7-23(24)19(2)3)16-28-30(37)34(31(38)41-28)17-25(35)21-10-12-22(32)13-11-21/h5-16,19H,4,17-18H2,1-3H3,(H,33,36)/b28-16+. The number of imide groups is 1. The molecule has 1 saturated heterocycles. The van der Waals surface area contributed by atoms with Crippen LogP contribution in [0.4, 0.5) is 10.5 Å². The summed E-state index contributed by atoms with van der Waals surface area (Å²) in [4.78, 5) is 51.9. The minimum Gasteiger partial charge on any atom is -0.490 e.